The minimum atomic E-state index is -0.840. The minimum Gasteiger partial charge on any atom is -0.480 e. The van der Waals surface area contributed by atoms with Gasteiger partial charge in [0, 0.05) is 26.2 Å². The lowest BCUT2D eigenvalue weighted by atomic mass is 9.85. The second-order valence-electron chi connectivity index (χ2n) is 7.35. The summed E-state index contributed by atoms with van der Waals surface area (Å²) >= 11 is 0. The van der Waals surface area contributed by atoms with Crippen molar-refractivity contribution >= 4 is 17.9 Å². The van der Waals surface area contributed by atoms with Crippen molar-refractivity contribution in [1.29, 1.82) is 0 Å². The van der Waals surface area contributed by atoms with Crippen LogP contribution in [0.1, 0.15) is 37.8 Å². The Morgan fingerprint density at radius 2 is 1.82 bits per heavy atom. The second kappa shape index (κ2) is 10.1. The molecule has 154 valence electrons. The first-order valence-electron chi connectivity index (χ1n) is 9.58. The monoisotopic (exact) mass is 390 g/mol. The van der Waals surface area contributed by atoms with Crippen LogP contribution in [-0.2, 0) is 9.59 Å². The molecule has 1 atom stereocenters. The van der Waals surface area contributed by atoms with Crippen LogP contribution in [-0.4, -0.2) is 72.1 Å². The van der Waals surface area contributed by atoms with Crippen LogP contribution in [0.25, 0.3) is 0 Å². The fourth-order valence-corrected chi connectivity index (χ4v) is 3.36. The standard InChI is InChI=1S/C20H30N4O4/c1-4-24(13-19(26)27)16-10-15(11-16)21-20(28)22-17(12-18(25)23(2)3)14-8-6-5-7-9-14/h5-9,15-17H,4,10-13H2,1-3H3,(H,26,27)(H2,21,22,28). The summed E-state index contributed by atoms with van der Waals surface area (Å²) in [5.74, 6) is -0.905. The van der Waals surface area contributed by atoms with Gasteiger partial charge >= 0.3 is 12.0 Å². The zero-order valence-electron chi connectivity index (χ0n) is 16.7. The molecule has 1 fully saturated rings. The average molecular weight is 390 g/mol. The van der Waals surface area contributed by atoms with E-state index < -0.39 is 12.0 Å². The molecular weight excluding hydrogens is 360 g/mol. The number of carboxylic acid groups (broad SMARTS) is 1. The molecule has 1 saturated carbocycles. The first-order valence-corrected chi connectivity index (χ1v) is 9.58. The SMILES string of the molecule is CCN(CC(=O)O)C1CC(NC(=O)NC(CC(=O)N(C)C)c2ccccc2)C1. The maximum Gasteiger partial charge on any atom is 0.317 e. The lowest BCUT2D eigenvalue weighted by Crippen LogP contribution is -2.56. The maximum absolute atomic E-state index is 12.5. The van der Waals surface area contributed by atoms with Gasteiger partial charge in [0.25, 0.3) is 0 Å². The highest BCUT2D eigenvalue weighted by atomic mass is 16.4. The van der Waals surface area contributed by atoms with E-state index in [1.165, 1.54) is 4.90 Å². The smallest absolute Gasteiger partial charge is 0.317 e. The Morgan fingerprint density at radius 1 is 1.18 bits per heavy atom. The minimum absolute atomic E-state index is 0.00817. The predicted octanol–water partition coefficient (Wildman–Crippen LogP) is 1.44. The molecule has 1 aliphatic carbocycles. The van der Waals surface area contributed by atoms with Gasteiger partial charge in [-0.3, -0.25) is 14.5 Å². The number of benzene rings is 1. The summed E-state index contributed by atoms with van der Waals surface area (Å²) < 4.78 is 0. The molecule has 0 aromatic heterocycles. The molecular formula is C20H30N4O4. The van der Waals surface area contributed by atoms with Crippen molar-refractivity contribution in [2.75, 3.05) is 27.2 Å². The van der Waals surface area contributed by atoms with Crippen molar-refractivity contribution in [2.24, 2.45) is 0 Å². The van der Waals surface area contributed by atoms with E-state index in [1.54, 1.807) is 14.1 Å². The van der Waals surface area contributed by atoms with Gasteiger partial charge in [0.15, 0.2) is 0 Å². The molecule has 0 spiro atoms. The molecule has 0 aliphatic heterocycles. The summed E-state index contributed by atoms with van der Waals surface area (Å²) in [6, 6.07) is 8.87. The van der Waals surface area contributed by atoms with Crippen molar-refractivity contribution in [2.45, 2.75) is 44.3 Å². The summed E-state index contributed by atoms with van der Waals surface area (Å²) in [4.78, 5) is 38.9. The Hall–Kier alpha value is -2.61. The molecule has 0 heterocycles. The van der Waals surface area contributed by atoms with Crippen LogP contribution >= 0.6 is 0 Å². The maximum atomic E-state index is 12.5. The fraction of sp³-hybridized carbons (Fsp3) is 0.550. The third-order valence-electron chi connectivity index (χ3n) is 5.09. The molecule has 1 aliphatic rings. The molecule has 0 radical (unpaired) electrons. The molecule has 3 N–H and O–H groups in total. The zero-order valence-corrected chi connectivity index (χ0v) is 16.7. The molecule has 2 rings (SSSR count). The average Bonchev–Trinajstić information content (AvgIpc) is 2.62. The number of rotatable bonds is 9. The number of carbonyl (C=O) groups is 3. The van der Waals surface area contributed by atoms with Crippen LogP contribution in [0.3, 0.4) is 0 Å². The Balaban J connectivity index is 1.88. The Bertz CT molecular complexity index is 674. The van der Waals surface area contributed by atoms with Crippen LogP contribution in [0.4, 0.5) is 4.79 Å². The van der Waals surface area contributed by atoms with Crippen molar-refractivity contribution in [3.05, 3.63) is 35.9 Å². The summed E-state index contributed by atoms with van der Waals surface area (Å²) in [5, 5.41) is 14.8. The van der Waals surface area contributed by atoms with Crippen molar-refractivity contribution in [3.63, 3.8) is 0 Å². The van der Waals surface area contributed by atoms with E-state index in [9.17, 15) is 14.4 Å². The van der Waals surface area contributed by atoms with Gasteiger partial charge in [-0.25, -0.2) is 4.79 Å². The van der Waals surface area contributed by atoms with E-state index in [0.29, 0.717) is 6.54 Å². The third-order valence-corrected chi connectivity index (χ3v) is 5.09. The van der Waals surface area contributed by atoms with Crippen LogP contribution in [0.5, 0.6) is 0 Å². The summed E-state index contributed by atoms with van der Waals surface area (Å²) in [6.45, 7) is 2.62. The number of hydrogen-bond acceptors (Lipinski definition) is 4. The predicted molar refractivity (Wildman–Crippen MR) is 106 cm³/mol. The van der Waals surface area contributed by atoms with E-state index in [-0.39, 0.29) is 37.0 Å². The molecule has 8 nitrogen and oxygen atoms in total. The van der Waals surface area contributed by atoms with Gasteiger partial charge in [0.2, 0.25) is 5.91 Å². The molecule has 0 saturated heterocycles. The van der Waals surface area contributed by atoms with Gasteiger partial charge < -0.3 is 20.6 Å². The van der Waals surface area contributed by atoms with Crippen LogP contribution in [0.15, 0.2) is 30.3 Å². The number of hydrogen-bond donors (Lipinski definition) is 3. The van der Waals surface area contributed by atoms with Gasteiger partial charge in [0.05, 0.1) is 19.0 Å². The largest absolute Gasteiger partial charge is 0.480 e. The highest BCUT2D eigenvalue weighted by Crippen LogP contribution is 2.26. The lowest BCUT2D eigenvalue weighted by Gasteiger charge is -2.42. The van der Waals surface area contributed by atoms with Gasteiger partial charge in [-0.2, -0.15) is 0 Å². The number of aliphatic carboxylic acids is 1. The molecule has 1 unspecified atom stereocenters. The molecule has 8 heteroatoms. The summed E-state index contributed by atoms with van der Waals surface area (Å²) in [7, 11) is 3.38. The fourth-order valence-electron chi connectivity index (χ4n) is 3.36. The molecule has 28 heavy (non-hydrogen) atoms. The summed E-state index contributed by atoms with van der Waals surface area (Å²) in [5.41, 5.74) is 0.873. The Labute approximate surface area is 165 Å². The number of likely N-dealkylation sites (N-methyl/N-ethyl adjacent to an activating group) is 1. The van der Waals surface area contributed by atoms with Gasteiger partial charge in [0.1, 0.15) is 0 Å². The highest BCUT2D eigenvalue weighted by molar-refractivity contribution is 5.79. The van der Waals surface area contributed by atoms with Crippen LogP contribution < -0.4 is 10.6 Å². The highest BCUT2D eigenvalue weighted by Gasteiger charge is 2.35. The second-order valence-corrected chi connectivity index (χ2v) is 7.35. The number of nitrogens with one attached hydrogen (secondary N) is 2. The lowest BCUT2D eigenvalue weighted by molar-refractivity contribution is -0.139. The van der Waals surface area contributed by atoms with Crippen molar-refractivity contribution < 1.29 is 19.5 Å². The number of amides is 3. The van der Waals surface area contributed by atoms with E-state index in [4.69, 9.17) is 5.11 Å². The van der Waals surface area contributed by atoms with Crippen LogP contribution in [0.2, 0.25) is 0 Å². The summed E-state index contributed by atoms with van der Waals surface area (Å²) in [6.07, 6.45) is 1.63. The first-order chi connectivity index (χ1) is 13.3. The van der Waals surface area contributed by atoms with Crippen molar-refractivity contribution in [1.82, 2.24) is 20.4 Å². The van der Waals surface area contributed by atoms with Gasteiger partial charge in [-0.05, 0) is 24.9 Å². The Kier molecular flexibility index (Phi) is 7.80. The number of nitrogens with zero attached hydrogens (tertiary/aromatic N) is 2. The number of carbonyl (C=O) groups excluding carboxylic acids is 2. The molecule has 1 aromatic carbocycles. The molecule has 3 amide bonds. The zero-order chi connectivity index (χ0) is 20.7. The van der Waals surface area contributed by atoms with Crippen molar-refractivity contribution in [3.8, 4) is 0 Å². The normalized spacial score (nSPS) is 19.4. The quantitative estimate of drug-likeness (QED) is 0.592. The van der Waals surface area contributed by atoms with E-state index in [2.05, 4.69) is 10.6 Å². The molecule has 1 aromatic rings. The van der Waals surface area contributed by atoms with E-state index in [0.717, 1.165) is 18.4 Å². The van der Waals surface area contributed by atoms with E-state index >= 15 is 0 Å². The van der Waals surface area contributed by atoms with E-state index in [1.807, 2.05) is 42.2 Å². The van der Waals surface area contributed by atoms with Gasteiger partial charge in [-0.1, -0.05) is 37.3 Å². The van der Waals surface area contributed by atoms with Gasteiger partial charge in [-0.15, -0.1) is 0 Å². The number of carboxylic acids is 1. The van der Waals surface area contributed by atoms with Crippen LogP contribution in [0, 0.1) is 0 Å². The third kappa shape index (κ3) is 6.23. The Morgan fingerprint density at radius 3 is 2.36 bits per heavy atom. The number of urea groups is 1. The topological polar surface area (TPSA) is 102 Å². The first kappa shape index (κ1) is 21.7. The molecule has 0 bridgehead atoms.